The fourth-order valence-corrected chi connectivity index (χ4v) is 3.37. The molecule has 2 fully saturated rings. The van der Waals surface area contributed by atoms with Crippen molar-refractivity contribution in [1.29, 1.82) is 0 Å². The molecule has 0 saturated carbocycles. The van der Waals surface area contributed by atoms with E-state index in [1.54, 1.807) is 0 Å². The van der Waals surface area contributed by atoms with E-state index in [0.717, 1.165) is 44.7 Å². The number of hydrogen-bond donors (Lipinski definition) is 2. The van der Waals surface area contributed by atoms with E-state index in [2.05, 4.69) is 15.5 Å². The van der Waals surface area contributed by atoms with Crippen LogP contribution < -0.4 is 15.5 Å². The van der Waals surface area contributed by atoms with Crippen molar-refractivity contribution in [3.05, 3.63) is 30.1 Å². The number of nitrogens with zero attached hydrogens (tertiary/aromatic N) is 1. The van der Waals surface area contributed by atoms with Crippen LogP contribution >= 0.6 is 24.8 Å². The zero-order valence-corrected chi connectivity index (χ0v) is 15.3. The van der Waals surface area contributed by atoms with Gasteiger partial charge in [0, 0.05) is 37.8 Å². The first kappa shape index (κ1) is 21.0. The Morgan fingerprint density at radius 2 is 2.00 bits per heavy atom. The zero-order chi connectivity index (χ0) is 15.4. The van der Waals surface area contributed by atoms with E-state index in [9.17, 15) is 9.18 Å². The number of rotatable bonds is 5. The highest BCUT2D eigenvalue weighted by atomic mass is 35.5. The Kier molecular flexibility index (Phi) is 8.81. The average molecular weight is 378 g/mol. The van der Waals surface area contributed by atoms with E-state index in [0.29, 0.717) is 18.4 Å². The molecule has 136 valence electrons. The molecular weight excluding hydrogens is 352 g/mol. The Bertz CT molecular complexity index is 509. The lowest BCUT2D eigenvalue weighted by Gasteiger charge is -2.19. The van der Waals surface area contributed by atoms with Crippen LogP contribution in [0.5, 0.6) is 0 Å². The molecule has 1 aromatic carbocycles. The van der Waals surface area contributed by atoms with Crippen molar-refractivity contribution in [1.82, 2.24) is 10.6 Å². The maximum atomic E-state index is 13.0. The maximum Gasteiger partial charge on any atom is 0.221 e. The van der Waals surface area contributed by atoms with Crippen LogP contribution in [0.25, 0.3) is 0 Å². The third-order valence-electron chi connectivity index (χ3n) is 4.66. The third-order valence-corrected chi connectivity index (χ3v) is 4.66. The lowest BCUT2D eigenvalue weighted by molar-refractivity contribution is -0.121. The molecule has 0 spiro atoms. The van der Waals surface area contributed by atoms with Crippen LogP contribution in [0.1, 0.15) is 25.7 Å². The van der Waals surface area contributed by atoms with Gasteiger partial charge < -0.3 is 15.5 Å². The van der Waals surface area contributed by atoms with E-state index in [1.165, 1.54) is 18.6 Å². The summed E-state index contributed by atoms with van der Waals surface area (Å²) in [5, 5.41) is 6.42. The minimum atomic E-state index is -0.202. The molecule has 1 aromatic rings. The van der Waals surface area contributed by atoms with Crippen LogP contribution in [-0.4, -0.2) is 38.1 Å². The van der Waals surface area contributed by atoms with Gasteiger partial charge in [-0.15, -0.1) is 24.8 Å². The normalized spacial score (nSPS) is 22.6. The molecule has 0 bridgehead atoms. The monoisotopic (exact) mass is 377 g/mol. The topological polar surface area (TPSA) is 44.4 Å². The molecule has 0 radical (unpaired) electrons. The molecule has 3 rings (SSSR count). The van der Waals surface area contributed by atoms with Gasteiger partial charge in [-0.3, -0.25) is 4.79 Å². The summed E-state index contributed by atoms with van der Waals surface area (Å²) in [5.74, 6) is 0.428. The summed E-state index contributed by atoms with van der Waals surface area (Å²) in [6.45, 7) is 3.67. The first-order valence-electron chi connectivity index (χ1n) is 8.21. The first-order valence-corrected chi connectivity index (χ1v) is 8.21. The quantitative estimate of drug-likeness (QED) is 0.828. The molecule has 2 heterocycles. The van der Waals surface area contributed by atoms with Gasteiger partial charge in [-0.2, -0.15) is 0 Å². The minimum absolute atomic E-state index is 0. The standard InChI is InChI=1S/C17H24FN3O.2ClH/c18-14-3-5-16(6-4-14)21-9-7-13(12-21)11-20-17(22)10-15-2-1-8-19-15;;/h3-6,13,15,19H,1-2,7-12H2,(H,20,22);2*1H. The van der Waals surface area contributed by atoms with Crippen molar-refractivity contribution >= 4 is 36.4 Å². The molecule has 0 aliphatic carbocycles. The van der Waals surface area contributed by atoms with E-state index < -0.39 is 0 Å². The number of amides is 1. The summed E-state index contributed by atoms with van der Waals surface area (Å²) in [4.78, 5) is 14.2. The summed E-state index contributed by atoms with van der Waals surface area (Å²) in [6.07, 6.45) is 3.94. The molecule has 2 unspecified atom stereocenters. The molecule has 0 aromatic heterocycles. The lowest BCUT2D eigenvalue weighted by Crippen LogP contribution is -2.35. The molecule has 2 atom stereocenters. The first-order chi connectivity index (χ1) is 10.7. The van der Waals surface area contributed by atoms with Crippen LogP contribution in [0.15, 0.2) is 24.3 Å². The largest absolute Gasteiger partial charge is 0.371 e. The molecule has 4 nitrogen and oxygen atoms in total. The fourth-order valence-electron chi connectivity index (χ4n) is 3.37. The van der Waals surface area contributed by atoms with E-state index >= 15 is 0 Å². The van der Waals surface area contributed by atoms with Gasteiger partial charge >= 0.3 is 0 Å². The van der Waals surface area contributed by atoms with Crippen LogP contribution in [0.4, 0.5) is 10.1 Å². The maximum absolute atomic E-state index is 13.0. The predicted molar refractivity (Wildman–Crippen MR) is 99.9 cm³/mol. The van der Waals surface area contributed by atoms with Gasteiger partial charge in [-0.1, -0.05) is 0 Å². The molecule has 2 saturated heterocycles. The second kappa shape index (κ2) is 10.1. The highest BCUT2D eigenvalue weighted by Crippen LogP contribution is 2.23. The van der Waals surface area contributed by atoms with E-state index in [-0.39, 0.29) is 36.5 Å². The molecular formula is C17H26Cl2FN3O. The highest BCUT2D eigenvalue weighted by molar-refractivity contribution is 5.85. The van der Waals surface area contributed by atoms with Crippen LogP contribution in [-0.2, 0) is 4.79 Å². The van der Waals surface area contributed by atoms with Gasteiger partial charge in [-0.25, -0.2) is 4.39 Å². The Balaban J connectivity index is 0.00000144. The van der Waals surface area contributed by atoms with Gasteiger partial charge in [0.1, 0.15) is 5.82 Å². The Hall–Kier alpha value is -1.04. The fraction of sp³-hybridized carbons (Fsp3) is 0.588. The number of carbonyl (C=O) groups is 1. The van der Waals surface area contributed by atoms with Gasteiger partial charge in [0.05, 0.1) is 0 Å². The van der Waals surface area contributed by atoms with Crippen molar-refractivity contribution < 1.29 is 9.18 Å². The van der Waals surface area contributed by atoms with Crippen molar-refractivity contribution in [2.24, 2.45) is 5.92 Å². The molecule has 2 aliphatic rings. The molecule has 2 aliphatic heterocycles. The van der Waals surface area contributed by atoms with Gasteiger partial charge in [0.2, 0.25) is 5.91 Å². The van der Waals surface area contributed by atoms with Crippen molar-refractivity contribution in [3.8, 4) is 0 Å². The van der Waals surface area contributed by atoms with Crippen LogP contribution in [0, 0.1) is 11.7 Å². The number of anilines is 1. The van der Waals surface area contributed by atoms with Crippen LogP contribution in [0.3, 0.4) is 0 Å². The predicted octanol–water partition coefficient (Wildman–Crippen LogP) is 2.75. The molecule has 24 heavy (non-hydrogen) atoms. The van der Waals surface area contributed by atoms with Gasteiger partial charge in [-0.05, 0) is 56.0 Å². The SMILES string of the molecule is Cl.Cl.O=C(CC1CCCN1)NCC1CCN(c2ccc(F)cc2)C1. The lowest BCUT2D eigenvalue weighted by atomic mass is 10.1. The van der Waals surface area contributed by atoms with Gasteiger partial charge in [0.15, 0.2) is 0 Å². The smallest absolute Gasteiger partial charge is 0.221 e. The third kappa shape index (κ3) is 5.80. The molecule has 2 N–H and O–H groups in total. The number of hydrogen-bond acceptors (Lipinski definition) is 3. The summed E-state index contributed by atoms with van der Waals surface area (Å²) in [5.41, 5.74) is 1.06. The summed E-state index contributed by atoms with van der Waals surface area (Å²) in [6, 6.07) is 7.00. The Labute approximate surface area is 155 Å². The van der Waals surface area contributed by atoms with Crippen molar-refractivity contribution in [2.75, 3.05) is 31.1 Å². The number of benzene rings is 1. The highest BCUT2D eigenvalue weighted by Gasteiger charge is 2.24. The molecule has 1 amide bonds. The summed E-state index contributed by atoms with van der Waals surface area (Å²) >= 11 is 0. The number of nitrogens with one attached hydrogen (secondary N) is 2. The van der Waals surface area contributed by atoms with Crippen molar-refractivity contribution in [3.63, 3.8) is 0 Å². The average Bonchev–Trinajstić information content (AvgIpc) is 3.17. The van der Waals surface area contributed by atoms with Crippen molar-refractivity contribution in [2.45, 2.75) is 31.7 Å². The minimum Gasteiger partial charge on any atom is -0.371 e. The number of carbonyl (C=O) groups excluding carboxylic acids is 1. The Morgan fingerprint density at radius 3 is 2.67 bits per heavy atom. The zero-order valence-electron chi connectivity index (χ0n) is 13.7. The molecule has 7 heteroatoms. The second-order valence-electron chi connectivity index (χ2n) is 6.38. The summed E-state index contributed by atoms with van der Waals surface area (Å²) < 4.78 is 13.0. The summed E-state index contributed by atoms with van der Waals surface area (Å²) in [7, 11) is 0. The van der Waals surface area contributed by atoms with E-state index in [4.69, 9.17) is 0 Å². The Morgan fingerprint density at radius 1 is 1.25 bits per heavy atom. The van der Waals surface area contributed by atoms with Crippen LogP contribution in [0.2, 0.25) is 0 Å². The number of halogens is 3. The van der Waals surface area contributed by atoms with E-state index in [1.807, 2.05) is 12.1 Å². The second-order valence-corrected chi connectivity index (χ2v) is 6.38. The van der Waals surface area contributed by atoms with Gasteiger partial charge in [0.25, 0.3) is 0 Å².